The lowest BCUT2D eigenvalue weighted by molar-refractivity contribution is 0.0519. The van der Waals surface area contributed by atoms with E-state index in [-0.39, 0.29) is 19.2 Å². The first-order valence-electron chi connectivity index (χ1n) is 12.3. The first-order chi connectivity index (χ1) is 17.6. The largest absolute Gasteiger partial charge is 0.445 e. The first kappa shape index (κ1) is 28.1. The van der Waals surface area contributed by atoms with Crippen LogP contribution in [0.2, 0.25) is 5.02 Å². The molecule has 1 N–H and O–H groups in total. The van der Waals surface area contributed by atoms with Gasteiger partial charge in [-0.15, -0.1) is 0 Å². The number of hydrogen-bond acceptors (Lipinski definition) is 5. The maximum absolute atomic E-state index is 13.4. The zero-order valence-corrected chi connectivity index (χ0v) is 22.4. The van der Waals surface area contributed by atoms with Crippen LogP contribution in [0.3, 0.4) is 0 Å². The van der Waals surface area contributed by atoms with Crippen molar-refractivity contribution >= 4 is 29.8 Å². The number of urea groups is 1. The average Bonchev–Trinajstić information content (AvgIpc) is 2.87. The number of rotatable bonds is 7. The minimum absolute atomic E-state index is 0.168. The number of piperazine rings is 1. The van der Waals surface area contributed by atoms with E-state index in [1.807, 2.05) is 42.5 Å². The number of ether oxygens (including phenoxy) is 2. The summed E-state index contributed by atoms with van der Waals surface area (Å²) in [6, 6.07) is 16.6. The van der Waals surface area contributed by atoms with Gasteiger partial charge in [-0.25, -0.2) is 14.4 Å². The summed E-state index contributed by atoms with van der Waals surface area (Å²) < 4.78 is 10.7. The van der Waals surface area contributed by atoms with Crippen LogP contribution in [0.1, 0.15) is 31.9 Å². The number of carbonyl (C=O) groups is 3. The number of amides is 4. The molecule has 0 bridgehead atoms. The summed E-state index contributed by atoms with van der Waals surface area (Å²) >= 11 is 6.01. The van der Waals surface area contributed by atoms with Crippen molar-refractivity contribution in [3.63, 3.8) is 0 Å². The Bertz CT molecular complexity index is 1040. The van der Waals surface area contributed by atoms with E-state index < -0.39 is 17.8 Å². The molecule has 0 aromatic heterocycles. The lowest BCUT2D eigenvalue weighted by atomic mass is 10.2. The highest BCUT2D eigenvalue weighted by atomic mass is 35.5. The van der Waals surface area contributed by atoms with Crippen molar-refractivity contribution in [2.75, 3.05) is 39.3 Å². The molecule has 1 heterocycles. The summed E-state index contributed by atoms with van der Waals surface area (Å²) in [5.74, 6) is 0. The molecule has 2 aromatic carbocycles. The Hall–Kier alpha value is -3.46. The summed E-state index contributed by atoms with van der Waals surface area (Å²) in [5.41, 5.74) is 1.23. The number of carbonyl (C=O) groups excluding carboxylic acids is 3. The number of alkyl carbamates (subject to hydrolysis) is 1. The Kier molecular flexibility index (Phi) is 10.0. The second-order valence-corrected chi connectivity index (χ2v) is 10.2. The molecule has 9 nitrogen and oxygen atoms in total. The van der Waals surface area contributed by atoms with E-state index in [9.17, 15) is 14.4 Å². The minimum Gasteiger partial charge on any atom is -0.445 e. The SMILES string of the molecule is CC(C)(C)OC(=O)NCCN(Cc1ccc(Cl)cc1)C(=O)N1CCN(C(=O)OCc2ccccc2)CC1. The third-order valence-electron chi connectivity index (χ3n) is 5.62. The zero-order chi connectivity index (χ0) is 26.8. The van der Waals surface area contributed by atoms with E-state index in [1.165, 1.54) is 0 Å². The summed E-state index contributed by atoms with van der Waals surface area (Å²) in [7, 11) is 0. The molecule has 0 aliphatic carbocycles. The summed E-state index contributed by atoms with van der Waals surface area (Å²) in [6.07, 6.45) is -0.926. The number of nitrogens with one attached hydrogen (secondary N) is 1. The van der Waals surface area contributed by atoms with Gasteiger partial charge in [0.05, 0.1) is 0 Å². The minimum atomic E-state index is -0.606. The van der Waals surface area contributed by atoms with Crippen molar-refractivity contribution in [3.8, 4) is 0 Å². The fraction of sp³-hybridized carbons (Fsp3) is 0.444. The van der Waals surface area contributed by atoms with E-state index >= 15 is 0 Å². The molecule has 0 unspecified atom stereocenters. The molecular weight excluding hydrogens is 496 g/mol. The van der Waals surface area contributed by atoms with Crippen molar-refractivity contribution in [3.05, 3.63) is 70.7 Å². The van der Waals surface area contributed by atoms with Gasteiger partial charge in [0.15, 0.2) is 0 Å². The Morgan fingerprint density at radius 3 is 2.16 bits per heavy atom. The number of halogens is 1. The quantitative estimate of drug-likeness (QED) is 0.558. The van der Waals surface area contributed by atoms with Gasteiger partial charge in [-0.1, -0.05) is 54.1 Å². The van der Waals surface area contributed by atoms with Crippen LogP contribution < -0.4 is 5.32 Å². The summed E-state index contributed by atoms with van der Waals surface area (Å²) in [5, 5.41) is 3.32. The standard InChI is InChI=1S/C27H35ClN4O5/c1-27(2,3)37-24(33)29-13-14-32(19-21-9-11-23(28)12-10-21)25(34)30-15-17-31(18-16-30)26(35)36-20-22-7-5-4-6-8-22/h4-12H,13-20H2,1-3H3,(H,29,33). The second kappa shape index (κ2) is 13.2. The molecule has 0 atom stereocenters. The molecule has 4 amide bonds. The summed E-state index contributed by atoms with van der Waals surface area (Å²) in [6.45, 7) is 7.99. The average molecular weight is 531 g/mol. The molecule has 3 rings (SSSR count). The third-order valence-corrected chi connectivity index (χ3v) is 5.87. The Balaban J connectivity index is 1.54. The van der Waals surface area contributed by atoms with Gasteiger partial charge in [-0.3, -0.25) is 0 Å². The zero-order valence-electron chi connectivity index (χ0n) is 21.6. The molecule has 1 fully saturated rings. The van der Waals surface area contributed by atoms with E-state index in [0.29, 0.717) is 44.3 Å². The highest BCUT2D eigenvalue weighted by molar-refractivity contribution is 6.30. The first-order valence-corrected chi connectivity index (χ1v) is 12.7. The molecule has 10 heteroatoms. The van der Waals surface area contributed by atoms with Crippen molar-refractivity contribution in [1.82, 2.24) is 20.0 Å². The van der Waals surface area contributed by atoms with Crippen molar-refractivity contribution in [1.29, 1.82) is 0 Å². The maximum Gasteiger partial charge on any atom is 0.410 e. The Morgan fingerprint density at radius 2 is 1.54 bits per heavy atom. The van der Waals surface area contributed by atoms with Crippen molar-refractivity contribution in [2.45, 2.75) is 39.5 Å². The maximum atomic E-state index is 13.4. The normalized spacial score (nSPS) is 13.6. The summed E-state index contributed by atoms with van der Waals surface area (Å²) in [4.78, 5) is 42.9. The van der Waals surface area contributed by atoms with Crippen LogP contribution in [0.4, 0.5) is 14.4 Å². The third kappa shape index (κ3) is 9.49. The van der Waals surface area contributed by atoms with Crippen LogP contribution in [-0.2, 0) is 22.6 Å². The molecule has 0 radical (unpaired) electrons. The van der Waals surface area contributed by atoms with Crippen LogP contribution in [0.15, 0.2) is 54.6 Å². The van der Waals surface area contributed by atoms with Gasteiger partial charge in [0.1, 0.15) is 12.2 Å². The molecule has 1 aliphatic heterocycles. The molecule has 37 heavy (non-hydrogen) atoms. The molecule has 0 saturated carbocycles. The van der Waals surface area contributed by atoms with Crippen LogP contribution in [-0.4, -0.2) is 77.8 Å². The highest BCUT2D eigenvalue weighted by Gasteiger charge is 2.28. The number of hydrogen-bond donors (Lipinski definition) is 1. The van der Waals surface area contributed by atoms with E-state index in [4.69, 9.17) is 21.1 Å². The van der Waals surface area contributed by atoms with Crippen LogP contribution in [0.25, 0.3) is 0 Å². The number of benzene rings is 2. The van der Waals surface area contributed by atoms with Gasteiger partial charge in [-0.05, 0) is 44.0 Å². The van der Waals surface area contributed by atoms with Crippen molar-refractivity contribution in [2.24, 2.45) is 0 Å². The topological polar surface area (TPSA) is 91.4 Å². The fourth-order valence-electron chi connectivity index (χ4n) is 3.75. The Labute approximate surface area is 223 Å². The lowest BCUT2D eigenvalue weighted by Gasteiger charge is -2.37. The fourth-order valence-corrected chi connectivity index (χ4v) is 3.88. The molecule has 0 spiro atoms. The molecule has 1 aliphatic rings. The predicted molar refractivity (Wildman–Crippen MR) is 141 cm³/mol. The molecule has 200 valence electrons. The smallest absolute Gasteiger partial charge is 0.410 e. The highest BCUT2D eigenvalue weighted by Crippen LogP contribution is 2.15. The molecule has 2 aromatic rings. The molecule has 1 saturated heterocycles. The van der Waals surface area contributed by atoms with E-state index in [2.05, 4.69) is 5.32 Å². The van der Waals surface area contributed by atoms with E-state index in [0.717, 1.165) is 11.1 Å². The monoisotopic (exact) mass is 530 g/mol. The van der Waals surface area contributed by atoms with Gasteiger partial charge in [0.2, 0.25) is 0 Å². The Morgan fingerprint density at radius 1 is 0.919 bits per heavy atom. The van der Waals surface area contributed by atoms with Crippen LogP contribution in [0.5, 0.6) is 0 Å². The van der Waals surface area contributed by atoms with Crippen LogP contribution in [0, 0.1) is 0 Å². The van der Waals surface area contributed by atoms with Crippen LogP contribution >= 0.6 is 11.6 Å². The van der Waals surface area contributed by atoms with Gasteiger partial charge in [0.25, 0.3) is 0 Å². The van der Waals surface area contributed by atoms with E-state index in [1.54, 1.807) is 47.6 Å². The van der Waals surface area contributed by atoms with Crippen molar-refractivity contribution < 1.29 is 23.9 Å². The van der Waals surface area contributed by atoms with Gasteiger partial charge in [0, 0.05) is 50.8 Å². The number of nitrogens with zero attached hydrogens (tertiary/aromatic N) is 3. The van der Waals surface area contributed by atoms with Gasteiger partial charge in [-0.2, -0.15) is 0 Å². The predicted octanol–water partition coefficient (Wildman–Crippen LogP) is 4.74. The second-order valence-electron chi connectivity index (χ2n) is 9.77. The van der Waals surface area contributed by atoms with Gasteiger partial charge >= 0.3 is 18.2 Å². The lowest BCUT2D eigenvalue weighted by Crippen LogP contribution is -2.54. The van der Waals surface area contributed by atoms with Gasteiger partial charge < -0.3 is 29.5 Å². The molecular formula is C27H35ClN4O5.